The normalized spacial score (nSPS) is 9.85. The molecule has 0 saturated heterocycles. The van der Waals surface area contributed by atoms with E-state index in [1.807, 2.05) is 18.2 Å². The zero-order valence-corrected chi connectivity index (χ0v) is 7.01. The minimum Gasteiger partial charge on any atom is -0.265 e. The molecule has 0 aliphatic heterocycles. The smallest absolute Gasteiger partial charge is 0.115 e. The molecule has 3 heteroatoms. The summed E-state index contributed by atoms with van der Waals surface area (Å²) in [5, 5.41) is 0. The van der Waals surface area contributed by atoms with Crippen molar-refractivity contribution in [1.82, 2.24) is 9.97 Å². The average molecular weight is 166 g/mol. The summed E-state index contributed by atoms with van der Waals surface area (Å²) in [7, 11) is 5.62. The van der Waals surface area contributed by atoms with E-state index in [0.29, 0.717) is 5.46 Å². The summed E-state index contributed by atoms with van der Waals surface area (Å²) in [6, 6.07) is 5.75. The summed E-state index contributed by atoms with van der Waals surface area (Å²) in [5.41, 5.74) is 2.77. The second-order valence-corrected chi connectivity index (χ2v) is 2.74. The summed E-state index contributed by atoms with van der Waals surface area (Å²) in [6.07, 6.45) is 6.91. The van der Waals surface area contributed by atoms with Gasteiger partial charge in [-0.25, -0.2) is 0 Å². The van der Waals surface area contributed by atoms with Crippen molar-refractivity contribution >= 4 is 13.3 Å². The van der Waals surface area contributed by atoms with Gasteiger partial charge in [0.25, 0.3) is 0 Å². The van der Waals surface area contributed by atoms with Gasteiger partial charge in [0.15, 0.2) is 0 Å². The van der Waals surface area contributed by atoms with Crippen LogP contribution < -0.4 is 5.46 Å². The molecule has 60 valence electrons. The van der Waals surface area contributed by atoms with Crippen LogP contribution >= 0.6 is 0 Å². The zero-order valence-electron chi connectivity index (χ0n) is 7.01. The highest BCUT2D eigenvalue weighted by Crippen LogP contribution is 2.14. The van der Waals surface area contributed by atoms with Gasteiger partial charge in [0.05, 0.1) is 0 Å². The van der Waals surface area contributed by atoms with Crippen LogP contribution in [0.1, 0.15) is 0 Å². The molecule has 2 aromatic rings. The van der Waals surface area contributed by atoms with E-state index in [-0.39, 0.29) is 0 Å². The first-order valence-electron chi connectivity index (χ1n) is 3.97. The number of pyridine rings is 2. The Morgan fingerprint density at radius 3 is 2.38 bits per heavy atom. The summed E-state index contributed by atoms with van der Waals surface area (Å²) in [4.78, 5) is 7.96. The molecule has 0 aliphatic carbocycles. The standard InChI is InChI=1S/C10H7BN2/c11-10-5-9(6-13-7-10)8-1-3-12-4-2-8/h1-7H. The molecule has 0 aromatic carbocycles. The van der Waals surface area contributed by atoms with E-state index in [1.165, 1.54) is 0 Å². The number of hydrogen-bond donors (Lipinski definition) is 0. The second kappa shape index (κ2) is 3.39. The SMILES string of the molecule is [B]c1cncc(-c2ccncc2)c1. The van der Waals surface area contributed by atoms with Crippen LogP contribution in [0.15, 0.2) is 43.0 Å². The molecule has 2 radical (unpaired) electrons. The molecule has 2 nitrogen and oxygen atoms in total. The largest absolute Gasteiger partial charge is 0.265 e. The molecule has 0 aliphatic rings. The summed E-state index contributed by atoms with van der Waals surface area (Å²) in [5.74, 6) is 0. The molecule has 0 bridgehead atoms. The van der Waals surface area contributed by atoms with Gasteiger partial charge in [-0.15, -0.1) is 0 Å². The highest BCUT2D eigenvalue weighted by Gasteiger charge is 1.95. The van der Waals surface area contributed by atoms with Crippen molar-refractivity contribution in [2.75, 3.05) is 0 Å². The average Bonchev–Trinajstić information content (AvgIpc) is 2.19. The van der Waals surface area contributed by atoms with Gasteiger partial charge >= 0.3 is 0 Å². The zero-order chi connectivity index (χ0) is 9.10. The lowest BCUT2D eigenvalue weighted by Gasteiger charge is -2.00. The quantitative estimate of drug-likeness (QED) is 0.589. The Labute approximate surface area is 78.1 Å². The third-order valence-corrected chi connectivity index (χ3v) is 1.77. The molecule has 0 fully saturated rings. The fourth-order valence-corrected chi connectivity index (χ4v) is 1.16. The molecular weight excluding hydrogens is 159 g/mol. The van der Waals surface area contributed by atoms with Crippen molar-refractivity contribution in [3.8, 4) is 11.1 Å². The topological polar surface area (TPSA) is 25.8 Å². The van der Waals surface area contributed by atoms with Gasteiger partial charge in [-0.3, -0.25) is 9.97 Å². The van der Waals surface area contributed by atoms with Crippen molar-refractivity contribution in [3.05, 3.63) is 43.0 Å². The van der Waals surface area contributed by atoms with Gasteiger partial charge < -0.3 is 0 Å². The first kappa shape index (κ1) is 7.99. The third kappa shape index (κ3) is 1.75. The molecule has 0 amide bonds. The van der Waals surface area contributed by atoms with Crippen molar-refractivity contribution in [3.63, 3.8) is 0 Å². The number of aromatic nitrogens is 2. The molecule has 2 heterocycles. The van der Waals surface area contributed by atoms with Crippen LogP contribution in [0.3, 0.4) is 0 Å². The molecule has 0 saturated carbocycles. The lowest BCUT2D eigenvalue weighted by molar-refractivity contribution is 1.31. The predicted octanol–water partition coefficient (Wildman–Crippen LogP) is 0.937. The Balaban J connectivity index is 2.48. The van der Waals surface area contributed by atoms with Gasteiger partial charge in [-0.2, -0.15) is 0 Å². The summed E-state index contributed by atoms with van der Waals surface area (Å²) in [6.45, 7) is 0. The molecular formula is C10H7BN2. The van der Waals surface area contributed by atoms with Crippen LogP contribution in [0, 0.1) is 0 Å². The Morgan fingerprint density at radius 1 is 0.923 bits per heavy atom. The van der Waals surface area contributed by atoms with Gasteiger partial charge in [0.1, 0.15) is 7.85 Å². The van der Waals surface area contributed by atoms with E-state index in [1.54, 1.807) is 24.8 Å². The molecule has 0 atom stereocenters. The monoisotopic (exact) mass is 166 g/mol. The molecule has 13 heavy (non-hydrogen) atoms. The van der Waals surface area contributed by atoms with Crippen LogP contribution in [0.2, 0.25) is 0 Å². The first-order chi connectivity index (χ1) is 6.36. The minimum absolute atomic E-state index is 0.675. The van der Waals surface area contributed by atoms with Crippen molar-refractivity contribution < 1.29 is 0 Å². The van der Waals surface area contributed by atoms with Gasteiger partial charge in [-0.1, -0.05) is 11.5 Å². The number of nitrogens with zero attached hydrogens (tertiary/aromatic N) is 2. The van der Waals surface area contributed by atoms with Crippen molar-refractivity contribution in [2.45, 2.75) is 0 Å². The number of rotatable bonds is 1. The fourth-order valence-electron chi connectivity index (χ4n) is 1.16. The van der Waals surface area contributed by atoms with Gasteiger partial charge in [-0.05, 0) is 23.3 Å². The van der Waals surface area contributed by atoms with E-state index in [4.69, 9.17) is 7.85 Å². The van der Waals surface area contributed by atoms with E-state index in [9.17, 15) is 0 Å². The Bertz CT molecular complexity index is 401. The molecule has 2 rings (SSSR count). The van der Waals surface area contributed by atoms with Crippen LogP contribution in [-0.2, 0) is 0 Å². The van der Waals surface area contributed by atoms with E-state index < -0.39 is 0 Å². The highest BCUT2D eigenvalue weighted by molar-refractivity contribution is 6.32. The lowest BCUT2D eigenvalue weighted by Crippen LogP contribution is -2.02. The Kier molecular flexibility index (Phi) is 2.09. The van der Waals surface area contributed by atoms with Gasteiger partial charge in [0.2, 0.25) is 0 Å². The summed E-state index contributed by atoms with van der Waals surface area (Å²) < 4.78 is 0. The predicted molar refractivity (Wildman–Crippen MR) is 52.9 cm³/mol. The summed E-state index contributed by atoms with van der Waals surface area (Å²) >= 11 is 0. The molecule has 0 N–H and O–H groups in total. The maximum atomic E-state index is 5.62. The van der Waals surface area contributed by atoms with E-state index >= 15 is 0 Å². The van der Waals surface area contributed by atoms with Crippen LogP contribution in [0.4, 0.5) is 0 Å². The third-order valence-electron chi connectivity index (χ3n) is 1.77. The highest BCUT2D eigenvalue weighted by atomic mass is 14.6. The molecule has 2 aromatic heterocycles. The Hall–Kier alpha value is -1.64. The van der Waals surface area contributed by atoms with Gasteiger partial charge in [0, 0.05) is 24.8 Å². The van der Waals surface area contributed by atoms with Crippen LogP contribution in [0.25, 0.3) is 11.1 Å². The van der Waals surface area contributed by atoms with E-state index in [0.717, 1.165) is 11.1 Å². The lowest BCUT2D eigenvalue weighted by atomic mass is 9.95. The van der Waals surface area contributed by atoms with Crippen LogP contribution in [-0.4, -0.2) is 17.8 Å². The van der Waals surface area contributed by atoms with Crippen molar-refractivity contribution in [1.29, 1.82) is 0 Å². The maximum Gasteiger partial charge on any atom is 0.115 e. The van der Waals surface area contributed by atoms with Crippen molar-refractivity contribution in [2.24, 2.45) is 0 Å². The second-order valence-electron chi connectivity index (χ2n) is 2.74. The first-order valence-corrected chi connectivity index (χ1v) is 3.97. The number of hydrogen-bond acceptors (Lipinski definition) is 2. The van der Waals surface area contributed by atoms with E-state index in [2.05, 4.69) is 9.97 Å². The Morgan fingerprint density at radius 2 is 1.69 bits per heavy atom. The molecule has 0 unspecified atom stereocenters. The maximum absolute atomic E-state index is 5.62. The minimum atomic E-state index is 0.675. The fraction of sp³-hybridized carbons (Fsp3) is 0. The molecule has 0 spiro atoms. The van der Waals surface area contributed by atoms with Crippen LogP contribution in [0.5, 0.6) is 0 Å².